The standard InChI is InChI=1S/C14H12BrFN2O2/c15-12-6-5-10(7-13(12)16)8-17-9-11-3-1-2-4-14(11)18(19)20/h1-7,17H,8-9H2. The van der Waals surface area contributed by atoms with Gasteiger partial charge < -0.3 is 5.32 Å². The lowest BCUT2D eigenvalue weighted by molar-refractivity contribution is -0.385. The third-order valence-electron chi connectivity index (χ3n) is 2.82. The minimum Gasteiger partial charge on any atom is -0.308 e. The van der Waals surface area contributed by atoms with Gasteiger partial charge in [-0.05, 0) is 33.6 Å². The highest BCUT2D eigenvalue weighted by Crippen LogP contribution is 2.18. The molecule has 4 nitrogen and oxygen atoms in total. The Morgan fingerprint density at radius 1 is 1.20 bits per heavy atom. The van der Waals surface area contributed by atoms with Crippen LogP contribution in [0.3, 0.4) is 0 Å². The third-order valence-corrected chi connectivity index (χ3v) is 3.46. The largest absolute Gasteiger partial charge is 0.308 e. The fraction of sp³-hybridized carbons (Fsp3) is 0.143. The molecular formula is C14H12BrFN2O2. The highest BCUT2D eigenvalue weighted by Gasteiger charge is 2.11. The Balaban J connectivity index is 1.99. The van der Waals surface area contributed by atoms with Crippen molar-refractivity contribution in [2.75, 3.05) is 0 Å². The lowest BCUT2D eigenvalue weighted by Crippen LogP contribution is -2.14. The first-order valence-corrected chi connectivity index (χ1v) is 6.74. The van der Waals surface area contributed by atoms with Gasteiger partial charge in [0, 0.05) is 24.7 Å². The van der Waals surface area contributed by atoms with Gasteiger partial charge in [0.15, 0.2) is 0 Å². The Morgan fingerprint density at radius 2 is 1.95 bits per heavy atom. The second-order valence-corrected chi connectivity index (χ2v) is 5.09. The monoisotopic (exact) mass is 338 g/mol. The fourth-order valence-corrected chi connectivity index (χ4v) is 2.08. The minimum absolute atomic E-state index is 0.0852. The van der Waals surface area contributed by atoms with Gasteiger partial charge >= 0.3 is 0 Å². The number of nitro groups is 1. The number of halogens is 2. The van der Waals surface area contributed by atoms with Gasteiger partial charge in [0.2, 0.25) is 0 Å². The van der Waals surface area contributed by atoms with E-state index in [2.05, 4.69) is 21.2 Å². The maximum atomic E-state index is 13.3. The molecule has 2 rings (SSSR count). The molecule has 6 heteroatoms. The van der Waals surface area contributed by atoms with Gasteiger partial charge in [-0.2, -0.15) is 0 Å². The van der Waals surface area contributed by atoms with Crippen LogP contribution in [-0.2, 0) is 13.1 Å². The second kappa shape index (κ2) is 6.58. The normalized spacial score (nSPS) is 10.5. The lowest BCUT2D eigenvalue weighted by Gasteiger charge is -2.06. The van der Waals surface area contributed by atoms with Gasteiger partial charge in [-0.1, -0.05) is 24.3 Å². The van der Waals surface area contributed by atoms with E-state index in [1.807, 2.05) is 0 Å². The second-order valence-electron chi connectivity index (χ2n) is 4.24. The summed E-state index contributed by atoms with van der Waals surface area (Å²) in [6.45, 7) is 0.797. The van der Waals surface area contributed by atoms with E-state index in [-0.39, 0.29) is 11.5 Å². The van der Waals surface area contributed by atoms with Gasteiger partial charge in [0.25, 0.3) is 5.69 Å². The van der Waals surface area contributed by atoms with Gasteiger partial charge in [-0.25, -0.2) is 4.39 Å². The van der Waals surface area contributed by atoms with Crippen LogP contribution in [0.25, 0.3) is 0 Å². The molecule has 0 spiro atoms. The Morgan fingerprint density at radius 3 is 2.65 bits per heavy atom. The predicted molar refractivity (Wildman–Crippen MR) is 77.7 cm³/mol. The van der Waals surface area contributed by atoms with Crippen LogP contribution in [0.4, 0.5) is 10.1 Å². The Kier molecular flexibility index (Phi) is 4.81. The first-order valence-electron chi connectivity index (χ1n) is 5.95. The van der Waals surface area contributed by atoms with Gasteiger partial charge in [0.1, 0.15) is 5.82 Å². The van der Waals surface area contributed by atoms with Crippen LogP contribution in [0.1, 0.15) is 11.1 Å². The first-order chi connectivity index (χ1) is 9.58. The SMILES string of the molecule is O=[N+]([O-])c1ccccc1CNCc1ccc(Br)c(F)c1. The van der Waals surface area contributed by atoms with Crippen molar-refractivity contribution in [3.8, 4) is 0 Å². The van der Waals surface area contributed by atoms with E-state index in [0.717, 1.165) is 5.56 Å². The highest BCUT2D eigenvalue weighted by molar-refractivity contribution is 9.10. The summed E-state index contributed by atoms with van der Waals surface area (Å²) >= 11 is 3.09. The van der Waals surface area contributed by atoms with Crippen LogP contribution < -0.4 is 5.32 Å². The molecule has 0 radical (unpaired) electrons. The van der Waals surface area contributed by atoms with Crippen LogP contribution in [0.15, 0.2) is 46.9 Å². The number of nitrogens with zero attached hydrogens (tertiary/aromatic N) is 1. The van der Waals surface area contributed by atoms with Gasteiger partial charge in [-0.3, -0.25) is 10.1 Å². The summed E-state index contributed by atoms with van der Waals surface area (Å²) in [5.74, 6) is -0.324. The number of nitro benzene ring substituents is 1. The molecule has 0 aromatic heterocycles. The number of hydrogen-bond donors (Lipinski definition) is 1. The van der Waals surface area contributed by atoms with E-state index in [4.69, 9.17) is 0 Å². The maximum absolute atomic E-state index is 13.3. The fourth-order valence-electron chi connectivity index (χ4n) is 1.83. The molecule has 0 fully saturated rings. The molecule has 0 amide bonds. The number of rotatable bonds is 5. The molecule has 2 aromatic carbocycles. The molecule has 0 unspecified atom stereocenters. The quantitative estimate of drug-likeness (QED) is 0.666. The van der Waals surface area contributed by atoms with Crippen molar-refractivity contribution < 1.29 is 9.31 Å². The topological polar surface area (TPSA) is 55.2 Å². The molecule has 0 saturated heterocycles. The van der Waals surface area contributed by atoms with Gasteiger partial charge in [-0.15, -0.1) is 0 Å². The zero-order valence-corrected chi connectivity index (χ0v) is 12.1. The number of nitrogens with one attached hydrogen (secondary N) is 1. The van der Waals surface area contributed by atoms with E-state index in [1.165, 1.54) is 12.1 Å². The molecule has 0 heterocycles. The number of hydrogen-bond acceptors (Lipinski definition) is 3. The maximum Gasteiger partial charge on any atom is 0.273 e. The molecule has 2 aromatic rings. The Bertz CT molecular complexity index is 634. The molecule has 0 atom stereocenters. The first kappa shape index (κ1) is 14.6. The van der Waals surface area contributed by atoms with Crippen LogP contribution in [0.5, 0.6) is 0 Å². The summed E-state index contributed by atoms with van der Waals surface area (Å²) in [7, 11) is 0. The van der Waals surface area contributed by atoms with Crippen molar-refractivity contribution in [2.24, 2.45) is 0 Å². The van der Waals surface area contributed by atoms with Crippen molar-refractivity contribution in [1.29, 1.82) is 0 Å². The summed E-state index contributed by atoms with van der Waals surface area (Å²) in [6.07, 6.45) is 0. The van der Waals surface area contributed by atoms with Crippen molar-refractivity contribution >= 4 is 21.6 Å². The molecule has 0 bridgehead atoms. The molecule has 0 aliphatic heterocycles. The van der Waals surface area contributed by atoms with E-state index in [9.17, 15) is 14.5 Å². The van der Waals surface area contributed by atoms with E-state index >= 15 is 0 Å². The number of para-hydroxylation sites is 1. The van der Waals surface area contributed by atoms with Crippen molar-refractivity contribution in [2.45, 2.75) is 13.1 Å². The average Bonchev–Trinajstić information content (AvgIpc) is 2.43. The Labute approximate surface area is 123 Å². The smallest absolute Gasteiger partial charge is 0.273 e. The molecule has 0 saturated carbocycles. The van der Waals surface area contributed by atoms with Crippen LogP contribution in [0.2, 0.25) is 0 Å². The van der Waals surface area contributed by atoms with Crippen LogP contribution in [-0.4, -0.2) is 4.92 Å². The van der Waals surface area contributed by atoms with Crippen LogP contribution in [0, 0.1) is 15.9 Å². The van der Waals surface area contributed by atoms with Gasteiger partial charge in [0.05, 0.1) is 9.40 Å². The zero-order chi connectivity index (χ0) is 14.5. The molecule has 1 N–H and O–H groups in total. The Hall–Kier alpha value is -1.79. The zero-order valence-electron chi connectivity index (χ0n) is 10.5. The summed E-state index contributed by atoms with van der Waals surface area (Å²) in [5, 5.41) is 13.9. The van der Waals surface area contributed by atoms with Crippen molar-refractivity contribution in [1.82, 2.24) is 5.32 Å². The molecule has 20 heavy (non-hydrogen) atoms. The average molecular weight is 339 g/mol. The summed E-state index contributed by atoms with van der Waals surface area (Å²) in [5.41, 5.74) is 1.47. The molecule has 104 valence electrons. The third kappa shape index (κ3) is 3.61. The number of benzene rings is 2. The van der Waals surface area contributed by atoms with E-state index in [0.29, 0.717) is 23.1 Å². The molecular weight excluding hydrogens is 327 g/mol. The summed E-state index contributed by atoms with van der Waals surface area (Å²) in [6, 6.07) is 11.4. The minimum atomic E-state index is -0.406. The lowest BCUT2D eigenvalue weighted by atomic mass is 10.1. The van der Waals surface area contributed by atoms with Crippen LogP contribution >= 0.6 is 15.9 Å². The molecule has 0 aliphatic carbocycles. The highest BCUT2D eigenvalue weighted by atomic mass is 79.9. The van der Waals surface area contributed by atoms with Crippen molar-refractivity contribution in [3.05, 3.63) is 74.0 Å². The summed E-state index contributed by atoms with van der Waals surface area (Å²) < 4.78 is 13.8. The van der Waals surface area contributed by atoms with E-state index < -0.39 is 4.92 Å². The van der Waals surface area contributed by atoms with E-state index in [1.54, 1.807) is 30.3 Å². The molecule has 0 aliphatic rings. The van der Waals surface area contributed by atoms with Crippen molar-refractivity contribution in [3.63, 3.8) is 0 Å². The predicted octanol–water partition coefficient (Wildman–Crippen LogP) is 3.79. The summed E-state index contributed by atoms with van der Waals surface area (Å²) in [4.78, 5) is 10.5.